The molecule has 0 spiro atoms. The van der Waals surface area contributed by atoms with Crippen LogP contribution in [0, 0.1) is 0 Å². The Morgan fingerprint density at radius 1 is 1.50 bits per heavy atom. The normalized spacial score (nSPS) is 15.5. The number of carboxylic acids is 1. The van der Waals surface area contributed by atoms with E-state index in [0.29, 0.717) is 5.57 Å². The summed E-state index contributed by atoms with van der Waals surface area (Å²) in [5.41, 5.74) is 2.57. The first kappa shape index (κ1) is 16.5. The topological polar surface area (TPSA) is 86.7 Å². The van der Waals surface area contributed by atoms with Crippen LogP contribution in [0.25, 0.3) is 0 Å². The van der Waals surface area contributed by atoms with Gasteiger partial charge in [0.25, 0.3) is 0 Å². The van der Waals surface area contributed by atoms with Crippen molar-refractivity contribution in [1.29, 1.82) is 0 Å². The van der Waals surface area contributed by atoms with Gasteiger partial charge >= 0.3 is 5.97 Å². The summed E-state index contributed by atoms with van der Waals surface area (Å²) < 4.78 is 27.1. The zero-order chi connectivity index (χ0) is 16.5. The Kier molecular flexibility index (Phi) is 4.58. The Balaban J connectivity index is 2.28. The average molecular weight is 324 g/mol. The van der Waals surface area contributed by atoms with Gasteiger partial charge in [-0.25, -0.2) is 8.42 Å². The number of nitrogens with one attached hydrogen (secondary N) is 1. The maximum atomic E-state index is 12.4. The number of rotatable bonds is 6. The lowest BCUT2D eigenvalue weighted by atomic mass is 10.1. The van der Waals surface area contributed by atoms with E-state index in [2.05, 4.69) is 11.3 Å². The summed E-state index contributed by atoms with van der Waals surface area (Å²) in [5.74, 6) is -1.22. The third-order valence-electron chi connectivity index (χ3n) is 3.64. The monoisotopic (exact) mass is 324 g/mol. The van der Waals surface area contributed by atoms with Crippen LogP contribution in [0.5, 0.6) is 0 Å². The van der Waals surface area contributed by atoms with Crippen LogP contribution in [0.4, 0.5) is 5.69 Å². The molecule has 6 nitrogen and oxygen atoms in total. The van der Waals surface area contributed by atoms with E-state index < -0.39 is 22.0 Å². The first-order valence-corrected chi connectivity index (χ1v) is 8.42. The molecule has 22 heavy (non-hydrogen) atoms. The molecule has 1 aliphatic rings. The summed E-state index contributed by atoms with van der Waals surface area (Å²) in [6.45, 7) is 6.14. The number of carbonyl (C=O) groups is 1. The van der Waals surface area contributed by atoms with Crippen LogP contribution in [-0.4, -0.2) is 39.1 Å². The van der Waals surface area contributed by atoms with Gasteiger partial charge in [0.05, 0.1) is 4.90 Å². The lowest BCUT2D eigenvalue weighted by Crippen LogP contribution is -2.40. The molecule has 0 aromatic heterocycles. The fourth-order valence-corrected chi connectivity index (χ4v) is 3.68. The Hall–Kier alpha value is -1.86. The first-order chi connectivity index (χ1) is 10.2. The Bertz CT molecular complexity index is 712. The smallest absolute Gasteiger partial charge is 0.322 e. The van der Waals surface area contributed by atoms with E-state index in [1.165, 1.54) is 6.07 Å². The lowest BCUT2D eigenvalue weighted by molar-refractivity contribution is -0.138. The number of fused-ring (bicyclic) bond motifs is 1. The predicted molar refractivity (Wildman–Crippen MR) is 84.6 cm³/mol. The molecule has 0 saturated carbocycles. The Morgan fingerprint density at radius 2 is 2.18 bits per heavy atom. The van der Waals surface area contributed by atoms with Crippen molar-refractivity contribution >= 4 is 21.7 Å². The molecule has 1 aromatic rings. The molecule has 0 bridgehead atoms. The Labute approximate surface area is 130 Å². The number of carboxylic acid groups (broad SMARTS) is 1. The number of aliphatic carboxylic acids is 1. The van der Waals surface area contributed by atoms with Crippen molar-refractivity contribution < 1.29 is 18.3 Å². The molecule has 7 heteroatoms. The Morgan fingerprint density at radius 3 is 2.77 bits per heavy atom. The van der Waals surface area contributed by atoms with Crippen LogP contribution in [0.15, 0.2) is 35.2 Å². The maximum Gasteiger partial charge on any atom is 0.322 e. The molecule has 2 N–H and O–H groups in total. The molecule has 0 aliphatic carbocycles. The molecule has 1 atom stereocenters. The van der Waals surface area contributed by atoms with Crippen LogP contribution in [0.2, 0.25) is 0 Å². The van der Waals surface area contributed by atoms with Crippen LogP contribution in [0.1, 0.15) is 18.9 Å². The van der Waals surface area contributed by atoms with Crippen LogP contribution >= 0.6 is 0 Å². The van der Waals surface area contributed by atoms with Crippen LogP contribution < -0.4 is 9.62 Å². The van der Waals surface area contributed by atoms with E-state index in [9.17, 15) is 13.2 Å². The fraction of sp³-hybridized carbons (Fsp3) is 0.400. The molecule has 0 saturated heterocycles. The van der Waals surface area contributed by atoms with Gasteiger partial charge in [-0.2, -0.15) is 4.72 Å². The number of benzene rings is 1. The number of hydrogen-bond donors (Lipinski definition) is 2. The highest BCUT2D eigenvalue weighted by atomic mass is 32.2. The van der Waals surface area contributed by atoms with E-state index >= 15 is 0 Å². The molecule has 1 unspecified atom stereocenters. The number of hydrogen-bond acceptors (Lipinski definition) is 4. The summed E-state index contributed by atoms with van der Waals surface area (Å²) in [5, 5.41) is 9.15. The number of sulfonamides is 1. The molecule has 120 valence electrons. The van der Waals surface area contributed by atoms with Gasteiger partial charge in [-0.05, 0) is 37.5 Å². The maximum absolute atomic E-state index is 12.4. The number of nitrogens with zero attached hydrogens (tertiary/aromatic N) is 1. The molecule has 1 heterocycles. The lowest BCUT2D eigenvalue weighted by Gasteiger charge is -2.16. The van der Waals surface area contributed by atoms with E-state index in [4.69, 9.17) is 5.11 Å². The van der Waals surface area contributed by atoms with E-state index in [0.717, 1.165) is 24.2 Å². The van der Waals surface area contributed by atoms with Crippen molar-refractivity contribution in [1.82, 2.24) is 4.72 Å². The predicted octanol–water partition coefficient (Wildman–Crippen LogP) is 1.38. The minimum Gasteiger partial charge on any atom is -0.480 e. The summed E-state index contributed by atoms with van der Waals surface area (Å²) in [6.07, 6.45) is 0.937. The van der Waals surface area contributed by atoms with Crippen molar-refractivity contribution in [2.24, 2.45) is 0 Å². The van der Waals surface area contributed by atoms with Gasteiger partial charge in [0, 0.05) is 19.3 Å². The summed E-state index contributed by atoms with van der Waals surface area (Å²) in [7, 11) is -1.99. The zero-order valence-electron chi connectivity index (χ0n) is 12.7. The second-order valence-electron chi connectivity index (χ2n) is 5.64. The summed E-state index contributed by atoms with van der Waals surface area (Å²) in [6, 6.07) is 3.67. The van der Waals surface area contributed by atoms with Gasteiger partial charge < -0.3 is 10.0 Å². The average Bonchev–Trinajstić information content (AvgIpc) is 2.78. The molecule has 0 fully saturated rings. The SMILES string of the molecule is C=C(C)CC(NS(=O)(=O)c1ccc2c(c1)N(C)CC2)C(=O)O. The quantitative estimate of drug-likeness (QED) is 0.772. The molecule has 0 radical (unpaired) electrons. The highest BCUT2D eigenvalue weighted by Crippen LogP contribution is 2.29. The number of likely N-dealkylation sites (N-methyl/N-ethyl adjacent to an activating group) is 1. The van der Waals surface area contributed by atoms with E-state index in [-0.39, 0.29) is 11.3 Å². The minimum absolute atomic E-state index is 0.0550. The zero-order valence-corrected chi connectivity index (χ0v) is 13.5. The van der Waals surface area contributed by atoms with Gasteiger partial charge in [-0.3, -0.25) is 4.79 Å². The van der Waals surface area contributed by atoms with Crippen LogP contribution in [-0.2, 0) is 21.2 Å². The summed E-state index contributed by atoms with van der Waals surface area (Å²) in [4.78, 5) is 13.3. The van der Waals surface area contributed by atoms with Crippen LogP contribution in [0.3, 0.4) is 0 Å². The third-order valence-corrected chi connectivity index (χ3v) is 5.11. The van der Waals surface area contributed by atoms with Crippen molar-refractivity contribution in [3.05, 3.63) is 35.9 Å². The van der Waals surface area contributed by atoms with E-state index in [1.54, 1.807) is 19.1 Å². The molecule has 0 amide bonds. The fourth-order valence-electron chi connectivity index (χ4n) is 2.47. The molecular weight excluding hydrogens is 304 g/mol. The van der Waals surface area contributed by atoms with Crippen molar-refractivity contribution in [2.45, 2.75) is 30.7 Å². The van der Waals surface area contributed by atoms with Gasteiger partial charge in [-0.1, -0.05) is 11.6 Å². The van der Waals surface area contributed by atoms with Crippen molar-refractivity contribution in [2.75, 3.05) is 18.5 Å². The highest BCUT2D eigenvalue weighted by molar-refractivity contribution is 7.89. The highest BCUT2D eigenvalue weighted by Gasteiger charge is 2.27. The minimum atomic E-state index is -3.89. The molecule has 1 aliphatic heterocycles. The largest absolute Gasteiger partial charge is 0.480 e. The van der Waals surface area contributed by atoms with Crippen molar-refractivity contribution in [3.8, 4) is 0 Å². The second-order valence-corrected chi connectivity index (χ2v) is 7.35. The third kappa shape index (κ3) is 3.48. The first-order valence-electron chi connectivity index (χ1n) is 6.94. The standard InChI is InChI=1S/C15H20N2O4S/c1-10(2)8-13(15(18)19)16-22(20,21)12-5-4-11-6-7-17(3)14(11)9-12/h4-5,9,13,16H,1,6-8H2,2-3H3,(H,18,19). The molecule has 1 aromatic carbocycles. The number of anilines is 1. The van der Waals surface area contributed by atoms with Gasteiger partial charge in [0.15, 0.2) is 0 Å². The van der Waals surface area contributed by atoms with Crippen molar-refractivity contribution in [3.63, 3.8) is 0 Å². The van der Waals surface area contributed by atoms with E-state index in [1.807, 2.05) is 11.9 Å². The summed E-state index contributed by atoms with van der Waals surface area (Å²) >= 11 is 0. The molecular formula is C15H20N2O4S. The molecule has 2 rings (SSSR count). The van der Waals surface area contributed by atoms with Gasteiger partial charge in [0.2, 0.25) is 10.0 Å². The van der Waals surface area contributed by atoms with Gasteiger partial charge in [-0.15, -0.1) is 6.58 Å². The van der Waals surface area contributed by atoms with Gasteiger partial charge in [0.1, 0.15) is 6.04 Å². The second kappa shape index (κ2) is 6.10.